The van der Waals surface area contributed by atoms with E-state index in [9.17, 15) is 25.1 Å². The molecule has 2 rings (SSSR count). The molecular weight excluding hydrogens is 326 g/mol. The molecule has 23 heavy (non-hydrogen) atoms. The smallest absolute Gasteiger partial charge is 0.271 e. The van der Waals surface area contributed by atoms with Gasteiger partial charge in [0.2, 0.25) is 0 Å². The Morgan fingerprint density at radius 2 is 1.83 bits per heavy atom. The summed E-state index contributed by atoms with van der Waals surface area (Å²) in [4.78, 5) is 21.5. The van der Waals surface area contributed by atoms with E-state index in [0.29, 0.717) is 11.1 Å². The van der Waals surface area contributed by atoms with Crippen LogP contribution in [0.5, 0.6) is 11.5 Å². The lowest BCUT2D eigenvalue weighted by atomic mass is 10.2. The first-order chi connectivity index (χ1) is 10.9. The molecule has 0 saturated carbocycles. The number of hydrogen-bond acceptors (Lipinski definition) is 6. The molecular formula is C14H8ClN3O5-2. The molecule has 0 aliphatic heterocycles. The number of halogens is 1. The molecule has 2 aromatic rings. The minimum atomic E-state index is -0.984. The van der Waals surface area contributed by atoms with Gasteiger partial charge >= 0.3 is 0 Å². The number of hydrazone groups is 1. The van der Waals surface area contributed by atoms with E-state index < -0.39 is 28.0 Å². The molecule has 0 radical (unpaired) electrons. The van der Waals surface area contributed by atoms with Gasteiger partial charge in [0, 0.05) is 16.7 Å². The Bertz CT molecular complexity index is 790. The number of carbonyl (C=O) groups is 1. The summed E-state index contributed by atoms with van der Waals surface area (Å²) in [6.45, 7) is 0. The van der Waals surface area contributed by atoms with E-state index >= 15 is 0 Å². The maximum absolute atomic E-state index is 11.8. The molecule has 0 aliphatic carbocycles. The molecule has 0 spiro atoms. The van der Waals surface area contributed by atoms with Crippen LogP contribution < -0.4 is 15.6 Å². The highest BCUT2D eigenvalue weighted by atomic mass is 35.5. The second kappa shape index (κ2) is 6.75. The fourth-order valence-corrected chi connectivity index (χ4v) is 1.76. The summed E-state index contributed by atoms with van der Waals surface area (Å²) in [5, 5.41) is 37.5. The number of benzene rings is 2. The van der Waals surface area contributed by atoms with Gasteiger partial charge in [-0.2, -0.15) is 5.10 Å². The van der Waals surface area contributed by atoms with Crippen LogP contribution in [-0.4, -0.2) is 17.0 Å². The maximum atomic E-state index is 11.8. The second-order valence-corrected chi connectivity index (χ2v) is 4.76. The number of nitro benzene ring substituents is 1. The number of amides is 1. The van der Waals surface area contributed by atoms with Crippen molar-refractivity contribution in [3.05, 3.63) is 62.7 Å². The van der Waals surface area contributed by atoms with E-state index in [0.717, 1.165) is 12.3 Å². The maximum Gasteiger partial charge on any atom is 0.271 e. The van der Waals surface area contributed by atoms with Gasteiger partial charge in [-0.15, -0.1) is 5.75 Å². The number of hydrogen-bond donors (Lipinski definition) is 1. The Morgan fingerprint density at radius 1 is 1.17 bits per heavy atom. The van der Waals surface area contributed by atoms with E-state index in [1.165, 1.54) is 24.3 Å². The first-order valence-corrected chi connectivity index (χ1v) is 6.51. The van der Waals surface area contributed by atoms with E-state index in [4.69, 9.17) is 11.6 Å². The first kappa shape index (κ1) is 16.2. The highest BCUT2D eigenvalue weighted by Crippen LogP contribution is 2.28. The van der Waals surface area contributed by atoms with Crippen molar-refractivity contribution in [1.82, 2.24) is 5.43 Å². The van der Waals surface area contributed by atoms with Crippen molar-refractivity contribution in [2.24, 2.45) is 5.10 Å². The SMILES string of the molecule is O=C(N/N=C\c1cc([N+](=O)[O-])c([O-])cc1[O-])c1ccc(Cl)cc1. The molecule has 118 valence electrons. The van der Waals surface area contributed by atoms with Crippen LogP contribution >= 0.6 is 11.6 Å². The Morgan fingerprint density at radius 3 is 2.43 bits per heavy atom. The Kier molecular flexibility index (Phi) is 4.77. The molecule has 1 amide bonds. The van der Waals surface area contributed by atoms with Crippen molar-refractivity contribution < 1.29 is 19.9 Å². The third-order valence-electron chi connectivity index (χ3n) is 2.76. The van der Waals surface area contributed by atoms with Gasteiger partial charge in [0.05, 0.1) is 11.1 Å². The van der Waals surface area contributed by atoms with Crippen LogP contribution in [0.15, 0.2) is 41.5 Å². The van der Waals surface area contributed by atoms with Crippen LogP contribution in [0.2, 0.25) is 5.02 Å². The zero-order valence-electron chi connectivity index (χ0n) is 11.4. The highest BCUT2D eigenvalue weighted by Gasteiger charge is 2.08. The van der Waals surface area contributed by atoms with Crippen molar-refractivity contribution >= 4 is 29.4 Å². The zero-order valence-corrected chi connectivity index (χ0v) is 12.1. The van der Waals surface area contributed by atoms with Gasteiger partial charge in [0.25, 0.3) is 11.6 Å². The Hall–Kier alpha value is -3.13. The minimum absolute atomic E-state index is 0.187. The fraction of sp³-hybridized carbons (Fsp3) is 0. The molecule has 9 heteroatoms. The van der Waals surface area contributed by atoms with Gasteiger partial charge in [-0.05, 0) is 35.6 Å². The van der Waals surface area contributed by atoms with E-state index in [1.54, 1.807) is 0 Å². The molecule has 0 aliphatic rings. The van der Waals surface area contributed by atoms with E-state index in [-0.39, 0.29) is 11.1 Å². The van der Waals surface area contributed by atoms with Crippen molar-refractivity contribution in [1.29, 1.82) is 0 Å². The Balaban J connectivity index is 2.14. The van der Waals surface area contributed by atoms with Gasteiger partial charge < -0.3 is 10.2 Å². The fourth-order valence-electron chi connectivity index (χ4n) is 1.64. The Labute approximate surface area is 134 Å². The monoisotopic (exact) mass is 333 g/mol. The molecule has 1 N–H and O–H groups in total. The molecule has 0 atom stereocenters. The lowest BCUT2D eigenvalue weighted by Gasteiger charge is -2.15. The molecule has 8 nitrogen and oxygen atoms in total. The summed E-state index contributed by atoms with van der Waals surface area (Å²) >= 11 is 5.69. The third-order valence-corrected chi connectivity index (χ3v) is 3.02. The molecule has 0 fully saturated rings. The van der Waals surface area contributed by atoms with Gasteiger partial charge in [0.15, 0.2) is 0 Å². The van der Waals surface area contributed by atoms with Gasteiger partial charge in [0.1, 0.15) is 0 Å². The zero-order chi connectivity index (χ0) is 17.0. The van der Waals surface area contributed by atoms with Gasteiger partial charge in [-0.25, -0.2) is 5.43 Å². The number of rotatable bonds is 4. The summed E-state index contributed by atoms with van der Waals surface area (Å²) in [6, 6.07) is 7.40. The largest absolute Gasteiger partial charge is 0.872 e. The molecule has 0 aromatic heterocycles. The number of nitrogens with one attached hydrogen (secondary N) is 1. The summed E-state index contributed by atoms with van der Waals surface area (Å²) in [6.07, 6.45) is 0.933. The van der Waals surface area contributed by atoms with Crippen LogP contribution in [0.4, 0.5) is 5.69 Å². The molecule has 0 unspecified atom stereocenters. The molecule has 2 aromatic carbocycles. The van der Waals surface area contributed by atoms with Gasteiger partial charge in [-0.3, -0.25) is 14.9 Å². The van der Waals surface area contributed by atoms with Gasteiger partial charge in [-0.1, -0.05) is 17.7 Å². The van der Waals surface area contributed by atoms with Crippen LogP contribution in [0, 0.1) is 10.1 Å². The molecule has 0 bridgehead atoms. The van der Waals surface area contributed by atoms with E-state index in [2.05, 4.69) is 10.5 Å². The van der Waals surface area contributed by atoms with Crippen LogP contribution in [-0.2, 0) is 0 Å². The van der Waals surface area contributed by atoms with Crippen molar-refractivity contribution in [2.75, 3.05) is 0 Å². The second-order valence-electron chi connectivity index (χ2n) is 4.32. The molecule has 0 saturated heterocycles. The number of carbonyl (C=O) groups excluding carboxylic acids is 1. The van der Waals surface area contributed by atoms with Crippen molar-refractivity contribution in [3.8, 4) is 11.5 Å². The summed E-state index contributed by atoms with van der Waals surface area (Å²) in [5.74, 6) is -2.27. The summed E-state index contributed by atoms with van der Waals surface area (Å²) in [7, 11) is 0. The van der Waals surface area contributed by atoms with E-state index in [1.807, 2.05) is 0 Å². The lowest BCUT2D eigenvalue weighted by molar-refractivity contribution is -0.398. The summed E-state index contributed by atoms with van der Waals surface area (Å²) in [5.41, 5.74) is 1.52. The summed E-state index contributed by atoms with van der Waals surface area (Å²) < 4.78 is 0. The van der Waals surface area contributed by atoms with Crippen molar-refractivity contribution in [3.63, 3.8) is 0 Å². The predicted molar refractivity (Wildman–Crippen MR) is 78.5 cm³/mol. The lowest BCUT2D eigenvalue weighted by Crippen LogP contribution is -2.17. The number of nitro groups is 1. The first-order valence-electron chi connectivity index (χ1n) is 6.14. The minimum Gasteiger partial charge on any atom is -0.872 e. The van der Waals surface area contributed by atoms with Crippen molar-refractivity contribution in [2.45, 2.75) is 0 Å². The predicted octanol–water partition coefficient (Wildman–Crippen LogP) is 1.16. The standard InChI is InChI=1S/C14H10ClN3O5/c15-10-3-1-8(2-4-10)14(21)17-16-7-9-5-11(18(22)23)13(20)6-12(9)19/h1-7,19-20H,(H,17,21)/p-2/b16-7-. The normalized spacial score (nSPS) is 10.7. The van der Waals surface area contributed by atoms with Crippen LogP contribution in [0.25, 0.3) is 0 Å². The topological polar surface area (TPSA) is 131 Å². The molecule has 0 heterocycles. The van der Waals surface area contributed by atoms with Crippen LogP contribution in [0.3, 0.4) is 0 Å². The quantitative estimate of drug-likeness (QED) is 0.509. The highest BCUT2D eigenvalue weighted by molar-refractivity contribution is 6.30. The number of nitrogens with zero attached hydrogens (tertiary/aromatic N) is 2. The van der Waals surface area contributed by atoms with Crippen LogP contribution in [0.1, 0.15) is 15.9 Å². The average Bonchev–Trinajstić information content (AvgIpc) is 2.49. The average molecular weight is 334 g/mol. The third kappa shape index (κ3) is 3.95.